The lowest BCUT2D eigenvalue weighted by Gasteiger charge is -2.26. The van der Waals surface area contributed by atoms with Crippen LogP contribution in [-0.2, 0) is 28.8 Å². The van der Waals surface area contributed by atoms with E-state index in [4.69, 9.17) is 16.6 Å². The number of hydrogen-bond donors (Lipinski definition) is 7. The number of amides is 4. The second-order valence-corrected chi connectivity index (χ2v) is 9.46. The zero-order valence-corrected chi connectivity index (χ0v) is 21.1. The highest BCUT2D eigenvalue weighted by Gasteiger charge is 2.30. The summed E-state index contributed by atoms with van der Waals surface area (Å²) in [5, 5.41) is 25.5. The fourth-order valence-corrected chi connectivity index (χ4v) is 3.46. The van der Waals surface area contributed by atoms with Crippen molar-refractivity contribution in [1.82, 2.24) is 16.0 Å². The molecular weight excluding hydrogens is 482 g/mol. The van der Waals surface area contributed by atoms with E-state index in [0.29, 0.717) is 5.75 Å². The van der Waals surface area contributed by atoms with Gasteiger partial charge in [0.1, 0.15) is 18.1 Å². The lowest BCUT2D eigenvalue weighted by Crippen LogP contribution is -2.57. The molecule has 13 nitrogen and oxygen atoms in total. The first-order valence-corrected chi connectivity index (χ1v) is 12.6. The monoisotopic (exact) mass is 519 g/mol. The Morgan fingerprint density at radius 2 is 1.34 bits per heavy atom. The molecule has 0 aliphatic heterocycles. The zero-order chi connectivity index (χ0) is 27.1. The average molecular weight is 520 g/mol. The number of carboxylic acids is 2. The molecule has 4 amide bonds. The highest BCUT2D eigenvalue weighted by Crippen LogP contribution is 2.09. The average Bonchev–Trinajstić information content (AvgIpc) is 2.75. The quantitative estimate of drug-likeness (QED) is 0.114. The fraction of sp³-hybridized carbons (Fsp3) is 0.714. The van der Waals surface area contributed by atoms with Crippen molar-refractivity contribution in [3.8, 4) is 0 Å². The second kappa shape index (κ2) is 16.7. The molecule has 4 atom stereocenters. The van der Waals surface area contributed by atoms with Crippen LogP contribution in [0.1, 0.15) is 52.4 Å². The molecule has 4 unspecified atom stereocenters. The van der Waals surface area contributed by atoms with Crippen LogP contribution in [0.5, 0.6) is 0 Å². The third-order valence-electron chi connectivity index (χ3n) is 4.88. The van der Waals surface area contributed by atoms with Crippen molar-refractivity contribution in [3.63, 3.8) is 0 Å². The molecule has 0 spiro atoms. The zero-order valence-electron chi connectivity index (χ0n) is 20.2. The molecule has 0 aromatic rings. The Morgan fingerprint density at radius 3 is 1.83 bits per heavy atom. The number of nitrogens with two attached hydrogens (primary N) is 2. The van der Waals surface area contributed by atoms with Gasteiger partial charge in [0.25, 0.3) is 0 Å². The molecule has 0 aromatic heterocycles. The smallest absolute Gasteiger partial charge is 0.326 e. The van der Waals surface area contributed by atoms with Gasteiger partial charge in [0.15, 0.2) is 0 Å². The number of carbonyl (C=O) groups is 6. The van der Waals surface area contributed by atoms with Crippen LogP contribution in [0.15, 0.2) is 0 Å². The molecule has 0 aliphatic rings. The number of carbonyl (C=O) groups excluding carboxylic acids is 4. The largest absolute Gasteiger partial charge is 0.481 e. The van der Waals surface area contributed by atoms with Gasteiger partial charge in [0, 0.05) is 12.8 Å². The summed E-state index contributed by atoms with van der Waals surface area (Å²) in [6.07, 6.45) is 1.31. The molecule has 14 heteroatoms. The first kappa shape index (κ1) is 32.1. The predicted octanol–water partition coefficient (Wildman–Crippen LogP) is -1.22. The van der Waals surface area contributed by atoms with Gasteiger partial charge in [-0.3, -0.25) is 24.0 Å². The molecule has 0 saturated heterocycles. The Balaban J connectivity index is 5.45. The maximum absolute atomic E-state index is 13.0. The van der Waals surface area contributed by atoms with Gasteiger partial charge in [0.05, 0.1) is 6.04 Å². The SMILES string of the molecule is CSCCC(NC(=O)C(CC(C)C)NC(=O)C(N)CCC(N)=O)C(=O)NC(CCC(=O)O)C(=O)O. The topological polar surface area (TPSA) is 231 Å². The molecule has 9 N–H and O–H groups in total. The van der Waals surface area contributed by atoms with Crippen molar-refractivity contribution >= 4 is 47.3 Å². The van der Waals surface area contributed by atoms with Crippen molar-refractivity contribution in [1.29, 1.82) is 0 Å². The van der Waals surface area contributed by atoms with Crippen molar-refractivity contribution in [2.24, 2.45) is 17.4 Å². The number of hydrogen-bond acceptors (Lipinski definition) is 8. The summed E-state index contributed by atoms with van der Waals surface area (Å²) >= 11 is 1.41. The Kier molecular flexibility index (Phi) is 15.3. The number of carboxylic acid groups (broad SMARTS) is 2. The number of thioether (sulfide) groups is 1. The molecule has 35 heavy (non-hydrogen) atoms. The third kappa shape index (κ3) is 14.2. The van der Waals surface area contributed by atoms with E-state index in [1.54, 1.807) is 6.26 Å². The van der Waals surface area contributed by atoms with E-state index in [0.717, 1.165) is 0 Å². The Morgan fingerprint density at radius 1 is 0.800 bits per heavy atom. The number of primary amides is 1. The summed E-state index contributed by atoms with van der Waals surface area (Å²) < 4.78 is 0. The predicted molar refractivity (Wildman–Crippen MR) is 129 cm³/mol. The highest BCUT2D eigenvalue weighted by molar-refractivity contribution is 7.98. The van der Waals surface area contributed by atoms with Crippen LogP contribution >= 0.6 is 11.8 Å². The van der Waals surface area contributed by atoms with E-state index in [-0.39, 0.29) is 38.0 Å². The van der Waals surface area contributed by atoms with Crippen molar-refractivity contribution in [3.05, 3.63) is 0 Å². The summed E-state index contributed by atoms with van der Waals surface area (Å²) in [4.78, 5) is 71.3. The Labute approximate surface area is 208 Å². The van der Waals surface area contributed by atoms with Crippen LogP contribution < -0.4 is 27.4 Å². The van der Waals surface area contributed by atoms with Crippen LogP contribution in [0.3, 0.4) is 0 Å². The molecule has 0 bridgehead atoms. The van der Waals surface area contributed by atoms with Gasteiger partial charge in [-0.05, 0) is 43.6 Å². The highest BCUT2D eigenvalue weighted by atomic mass is 32.2. The normalized spacial score (nSPS) is 14.3. The van der Waals surface area contributed by atoms with Gasteiger partial charge >= 0.3 is 11.9 Å². The lowest BCUT2D eigenvalue weighted by atomic mass is 10.0. The van der Waals surface area contributed by atoms with Gasteiger partial charge in [-0.2, -0.15) is 11.8 Å². The fourth-order valence-electron chi connectivity index (χ4n) is 2.98. The van der Waals surface area contributed by atoms with Crippen molar-refractivity contribution < 1.29 is 39.0 Å². The molecular formula is C21H37N5O8S. The standard InChI is InChI=1S/C21H37N5O8S/c1-11(2)10-15(26-18(30)12(22)4-6-16(23)27)20(32)24-13(8-9-35-3)19(31)25-14(21(33)34)5-7-17(28)29/h11-15H,4-10,22H2,1-3H3,(H2,23,27)(H,24,32)(H,25,31)(H,26,30)(H,28,29)(H,33,34). The molecule has 0 aliphatic carbocycles. The first-order valence-electron chi connectivity index (χ1n) is 11.2. The van der Waals surface area contributed by atoms with E-state index >= 15 is 0 Å². The summed E-state index contributed by atoms with van der Waals surface area (Å²) in [6.45, 7) is 3.66. The minimum absolute atomic E-state index is 0.00284. The number of rotatable bonds is 18. The van der Waals surface area contributed by atoms with Gasteiger partial charge < -0.3 is 37.6 Å². The van der Waals surface area contributed by atoms with Crippen LogP contribution in [-0.4, -0.2) is 82.0 Å². The molecule has 0 radical (unpaired) electrons. The summed E-state index contributed by atoms with van der Waals surface area (Å²) in [6, 6.07) is -4.65. The molecule has 0 heterocycles. The lowest BCUT2D eigenvalue weighted by molar-refractivity contribution is -0.143. The van der Waals surface area contributed by atoms with Crippen LogP contribution in [0.2, 0.25) is 0 Å². The van der Waals surface area contributed by atoms with E-state index in [1.165, 1.54) is 11.8 Å². The van der Waals surface area contributed by atoms with Gasteiger partial charge in [-0.25, -0.2) is 4.79 Å². The second-order valence-electron chi connectivity index (χ2n) is 8.48. The molecule has 200 valence electrons. The molecule has 0 saturated carbocycles. The van der Waals surface area contributed by atoms with E-state index in [1.807, 2.05) is 13.8 Å². The molecule has 0 aromatic carbocycles. The molecule has 0 fully saturated rings. The van der Waals surface area contributed by atoms with E-state index < -0.39 is 66.2 Å². The summed E-state index contributed by atoms with van der Waals surface area (Å²) in [5.74, 6) is -4.87. The van der Waals surface area contributed by atoms with Crippen LogP contribution in [0.25, 0.3) is 0 Å². The van der Waals surface area contributed by atoms with Crippen LogP contribution in [0, 0.1) is 5.92 Å². The van der Waals surface area contributed by atoms with E-state index in [9.17, 15) is 33.9 Å². The van der Waals surface area contributed by atoms with Crippen molar-refractivity contribution in [2.75, 3.05) is 12.0 Å². The first-order chi connectivity index (χ1) is 16.3. The maximum Gasteiger partial charge on any atom is 0.326 e. The Hall–Kier alpha value is -2.87. The summed E-state index contributed by atoms with van der Waals surface area (Å²) in [7, 11) is 0. The van der Waals surface area contributed by atoms with Crippen LogP contribution in [0.4, 0.5) is 0 Å². The van der Waals surface area contributed by atoms with E-state index in [2.05, 4.69) is 16.0 Å². The number of nitrogens with one attached hydrogen (secondary N) is 3. The van der Waals surface area contributed by atoms with Gasteiger partial charge in [-0.1, -0.05) is 13.8 Å². The van der Waals surface area contributed by atoms with Crippen molar-refractivity contribution in [2.45, 2.75) is 76.5 Å². The molecule has 0 rings (SSSR count). The van der Waals surface area contributed by atoms with Gasteiger partial charge in [-0.15, -0.1) is 0 Å². The third-order valence-corrected chi connectivity index (χ3v) is 5.53. The minimum atomic E-state index is -1.44. The maximum atomic E-state index is 13.0. The number of aliphatic carboxylic acids is 2. The minimum Gasteiger partial charge on any atom is -0.481 e. The summed E-state index contributed by atoms with van der Waals surface area (Å²) in [5.41, 5.74) is 10.8. The Bertz CT molecular complexity index is 764. The van der Waals surface area contributed by atoms with Gasteiger partial charge in [0.2, 0.25) is 23.6 Å².